The topological polar surface area (TPSA) is 70.3 Å². The van der Waals surface area contributed by atoms with Crippen molar-refractivity contribution >= 4 is 17.5 Å². The second-order valence-electron chi connectivity index (χ2n) is 8.28. The summed E-state index contributed by atoms with van der Waals surface area (Å²) in [6.45, 7) is 2.22. The van der Waals surface area contributed by atoms with E-state index in [0.717, 1.165) is 40.7 Å². The minimum absolute atomic E-state index is 0.180. The van der Waals surface area contributed by atoms with E-state index < -0.39 is 0 Å². The Morgan fingerprint density at radius 2 is 1.79 bits per heavy atom. The van der Waals surface area contributed by atoms with Crippen LogP contribution in [-0.2, 0) is 13.0 Å². The number of benzene rings is 3. The van der Waals surface area contributed by atoms with Crippen LogP contribution in [0.2, 0.25) is 5.02 Å². The molecule has 0 amide bonds. The number of nitrogens with two attached hydrogens (primary N) is 1. The Bertz CT molecular complexity index is 1340. The summed E-state index contributed by atoms with van der Waals surface area (Å²) < 4.78 is 26.8. The van der Waals surface area contributed by atoms with E-state index in [2.05, 4.69) is 9.97 Å². The maximum absolute atomic E-state index is 14.5. The largest absolute Gasteiger partial charge is 0.488 e. The van der Waals surface area contributed by atoms with Crippen LogP contribution in [0, 0.1) is 12.7 Å². The third-order valence-electron chi connectivity index (χ3n) is 6.00. The van der Waals surface area contributed by atoms with Gasteiger partial charge in [-0.05, 0) is 54.2 Å². The van der Waals surface area contributed by atoms with E-state index in [0.29, 0.717) is 28.7 Å². The number of aromatic nitrogens is 2. The maximum atomic E-state index is 14.5. The predicted molar refractivity (Wildman–Crippen MR) is 130 cm³/mol. The molecular weight excluding hydrogens is 453 g/mol. The zero-order chi connectivity index (χ0) is 23.7. The van der Waals surface area contributed by atoms with E-state index in [9.17, 15) is 4.39 Å². The van der Waals surface area contributed by atoms with Crippen molar-refractivity contribution in [1.82, 2.24) is 9.97 Å². The lowest BCUT2D eigenvalue weighted by molar-refractivity contribution is 0.206. The number of nitrogens with zero attached hydrogens (tertiary/aromatic N) is 2. The lowest BCUT2D eigenvalue weighted by Gasteiger charge is -2.19. The van der Waals surface area contributed by atoms with Crippen molar-refractivity contribution < 1.29 is 13.9 Å². The lowest BCUT2D eigenvalue weighted by atomic mass is 9.96. The van der Waals surface area contributed by atoms with Crippen LogP contribution in [0.4, 0.5) is 10.3 Å². The highest BCUT2D eigenvalue weighted by atomic mass is 35.5. The van der Waals surface area contributed by atoms with Gasteiger partial charge in [-0.25, -0.2) is 14.4 Å². The fourth-order valence-corrected chi connectivity index (χ4v) is 4.57. The average Bonchev–Trinajstić information content (AvgIpc) is 3.24. The molecule has 172 valence electrons. The van der Waals surface area contributed by atoms with Crippen molar-refractivity contribution in [3.05, 3.63) is 100 Å². The summed E-state index contributed by atoms with van der Waals surface area (Å²) in [5.41, 5.74) is 10.9. The summed E-state index contributed by atoms with van der Waals surface area (Å²) in [6, 6.07) is 16.4. The fourth-order valence-electron chi connectivity index (χ4n) is 4.30. The predicted octanol–water partition coefficient (Wildman–Crippen LogP) is 6.47. The van der Waals surface area contributed by atoms with Crippen molar-refractivity contribution in [1.29, 1.82) is 0 Å². The van der Waals surface area contributed by atoms with Crippen LogP contribution in [-0.4, -0.2) is 9.97 Å². The van der Waals surface area contributed by atoms with Crippen LogP contribution in [0.5, 0.6) is 11.5 Å². The van der Waals surface area contributed by atoms with Crippen LogP contribution in [0.25, 0.3) is 11.1 Å². The van der Waals surface area contributed by atoms with Gasteiger partial charge in [0.2, 0.25) is 5.95 Å². The molecule has 5 nitrogen and oxygen atoms in total. The van der Waals surface area contributed by atoms with Gasteiger partial charge in [-0.15, -0.1) is 0 Å². The minimum Gasteiger partial charge on any atom is -0.488 e. The van der Waals surface area contributed by atoms with Crippen LogP contribution < -0.4 is 15.2 Å². The van der Waals surface area contributed by atoms with Crippen molar-refractivity contribution in [3.8, 4) is 22.6 Å². The third-order valence-corrected chi connectivity index (χ3v) is 6.29. The van der Waals surface area contributed by atoms with Gasteiger partial charge in [0.05, 0.1) is 5.02 Å². The zero-order valence-electron chi connectivity index (χ0n) is 18.6. The Labute approximate surface area is 202 Å². The fraction of sp³-hybridized carbons (Fsp3) is 0.185. The van der Waals surface area contributed by atoms with Gasteiger partial charge in [0.25, 0.3) is 0 Å². The summed E-state index contributed by atoms with van der Waals surface area (Å²) in [5.74, 6) is 1.20. The van der Waals surface area contributed by atoms with Gasteiger partial charge in [0, 0.05) is 29.6 Å². The van der Waals surface area contributed by atoms with Gasteiger partial charge in [0.15, 0.2) is 0 Å². The van der Waals surface area contributed by atoms with Crippen molar-refractivity contribution in [3.63, 3.8) is 0 Å². The van der Waals surface area contributed by atoms with E-state index in [1.54, 1.807) is 18.5 Å². The van der Waals surface area contributed by atoms with E-state index in [1.165, 1.54) is 6.07 Å². The monoisotopic (exact) mass is 475 g/mol. The smallest absolute Gasteiger partial charge is 0.219 e. The highest BCUT2D eigenvalue weighted by Crippen LogP contribution is 2.43. The third kappa shape index (κ3) is 4.41. The highest BCUT2D eigenvalue weighted by Gasteiger charge is 2.28. The first kappa shape index (κ1) is 22.2. The number of aryl methyl sites for hydroxylation is 1. The Balaban J connectivity index is 1.39. The van der Waals surface area contributed by atoms with E-state index in [-0.39, 0.29) is 17.9 Å². The molecule has 0 fully saturated rings. The molecular formula is C27H23ClFN3O2. The SMILES string of the molecule is Cc1cc(Cl)c(O[C@H]2CCc3c(-c4ccccc4F)cccc32)cc1OCc1cnc(N)nc1. The first-order valence-corrected chi connectivity index (χ1v) is 11.4. The Kier molecular flexibility index (Phi) is 6.07. The maximum Gasteiger partial charge on any atom is 0.219 e. The molecule has 0 radical (unpaired) electrons. The Hall–Kier alpha value is -3.64. The van der Waals surface area contributed by atoms with E-state index in [1.807, 2.05) is 49.4 Å². The molecule has 2 N–H and O–H groups in total. The lowest BCUT2D eigenvalue weighted by Crippen LogP contribution is -2.05. The molecule has 1 aliphatic carbocycles. The van der Waals surface area contributed by atoms with E-state index in [4.69, 9.17) is 26.8 Å². The number of anilines is 1. The summed E-state index contributed by atoms with van der Waals surface area (Å²) in [5, 5.41) is 0.513. The average molecular weight is 476 g/mol. The second-order valence-corrected chi connectivity index (χ2v) is 8.69. The molecule has 1 aromatic heterocycles. The molecule has 3 aromatic carbocycles. The molecule has 34 heavy (non-hydrogen) atoms. The number of rotatable bonds is 6. The number of ether oxygens (including phenoxy) is 2. The molecule has 1 aliphatic rings. The first-order valence-electron chi connectivity index (χ1n) is 11.0. The minimum atomic E-state index is -0.227. The number of fused-ring (bicyclic) bond motifs is 1. The van der Waals surface area contributed by atoms with Crippen LogP contribution in [0.3, 0.4) is 0 Å². The number of nitrogen functional groups attached to an aromatic ring is 1. The van der Waals surface area contributed by atoms with Gasteiger partial charge in [-0.3, -0.25) is 0 Å². The van der Waals surface area contributed by atoms with Gasteiger partial charge in [-0.2, -0.15) is 0 Å². The van der Waals surface area contributed by atoms with Crippen molar-refractivity contribution in [2.24, 2.45) is 0 Å². The van der Waals surface area contributed by atoms with Crippen LogP contribution in [0.1, 0.15) is 34.8 Å². The summed E-state index contributed by atoms with van der Waals surface area (Å²) >= 11 is 6.53. The normalized spacial score (nSPS) is 14.6. The molecule has 0 saturated heterocycles. The second kappa shape index (κ2) is 9.31. The quantitative estimate of drug-likeness (QED) is 0.346. The van der Waals surface area contributed by atoms with Gasteiger partial charge in [-0.1, -0.05) is 48.0 Å². The Morgan fingerprint density at radius 3 is 2.59 bits per heavy atom. The standard InChI is InChI=1S/C27H23ClFN3O2/c1-16-11-22(28)26(12-25(16)33-15-17-13-31-27(30)32-14-17)34-24-10-9-19-18(6-4-7-21(19)24)20-5-2-3-8-23(20)29/h2-8,11-14,24H,9-10,15H2,1H3,(H2,30,31,32)/t24-/m0/s1. The molecule has 5 rings (SSSR count). The summed E-state index contributed by atoms with van der Waals surface area (Å²) in [7, 11) is 0. The molecule has 0 aliphatic heterocycles. The van der Waals surface area contributed by atoms with E-state index >= 15 is 0 Å². The zero-order valence-corrected chi connectivity index (χ0v) is 19.3. The number of hydrogen-bond acceptors (Lipinski definition) is 5. The first-order chi connectivity index (χ1) is 16.5. The highest BCUT2D eigenvalue weighted by molar-refractivity contribution is 6.32. The molecule has 1 atom stereocenters. The van der Waals surface area contributed by atoms with Crippen molar-refractivity contribution in [2.75, 3.05) is 5.73 Å². The van der Waals surface area contributed by atoms with Gasteiger partial charge in [0.1, 0.15) is 30.0 Å². The number of halogens is 2. The summed E-state index contributed by atoms with van der Waals surface area (Å²) in [6.07, 6.45) is 4.67. The Morgan fingerprint density at radius 1 is 1.03 bits per heavy atom. The molecule has 7 heteroatoms. The molecule has 0 spiro atoms. The van der Waals surface area contributed by atoms with Gasteiger partial charge >= 0.3 is 0 Å². The molecule has 0 bridgehead atoms. The molecule has 4 aromatic rings. The molecule has 0 saturated carbocycles. The number of hydrogen-bond donors (Lipinski definition) is 1. The summed E-state index contributed by atoms with van der Waals surface area (Å²) in [4.78, 5) is 7.97. The van der Waals surface area contributed by atoms with Crippen LogP contribution >= 0.6 is 11.6 Å². The van der Waals surface area contributed by atoms with Crippen molar-refractivity contribution in [2.45, 2.75) is 32.5 Å². The molecule has 1 heterocycles. The van der Waals surface area contributed by atoms with Gasteiger partial charge < -0.3 is 15.2 Å². The molecule has 0 unspecified atom stereocenters. The van der Waals surface area contributed by atoms with Crippen LogP contribution in [0.15, 0.2) is 67.0 Å².